The van der Waals surface area contributed by atoms with Crippen molar-refractivity contribution in [2.45, 2.75) is 84.3 Å². The van der Waals surface area contributed by atoms with E-state index in [1.54, 1.807) is 0 Å². The van der Waals surface area contributed by atoms with E-state index in [2.05, 4.69) is 13.8 Å². The molecule has 0 bridgehead atoms. The lowest BCUT2D eigenvalue weighted by Gasteiger charge is -2.34. The predicted molar refractivity (Wildman–Crippen MR) is 87.3 cm³/mol. The summed E-state index contributed by atoms with van der Waals surface area (Å²) in [6.07, 6.45) is 6.79. The summed E-state index contributed by atoms with van der Waals surface area (Å²) in [5, 5.41) is 0. The van der Waals surface area contributed by atoms with Crippen LogP contribution in [0.3, 0.4) is 0 Å². The zero-order valence-electron chi connectivity index (χ0n) is 14.6. The number of carbonyl (C=O) groups excluding carboxylic acids is 1. The van der Waals surface area contributed by atoms with Gasteiger partial charge < -0.3 is 15.4 Å². The van der Waals surface area contributed by atoms with Crippen molar-refractivity contribution < 1.29 is 9.53 Å². The average Bonchev–Trinajstić information content (AvgIpc) is 2.32. The van der Waals surface area contributed by atoms with Crippen LogP contribution in [0.1, 0.15) is 73.1 Å². The molecule has 1 amide bonds. The SMILES string of the molecule is CC(C)(N)CCCCC1CCCN(C(=O)OC(C)(C)C)C1. The van der Waals surface area contributed by atoms with Gasteiger partial charge in [-0.1, -0.05) is 12.8 Å². The van der Waals surface area contributed by atoms with Gasteiger partial charge in [0.1, 0.15) is 5.60 Å². The van der Waals surface area contributed by atoms with E-state index in [9.17, 15) is 4.79 Å². The van der Waals surface area contributed by atoms with Crippen molar-refractivity contribution >= 4 is 6.09 Å². The molecule has 1 saturated heterocycles. The smallest absolute Gasteiger partial charge is 0.410 e. The Kier molecular flexibility index (Phi) is 6.51. The normalized spacial score (nSPS) is 20.5. The fourth-order valence-corrected chi connectivity index (χ4v) is 2.81. The van der Waals surface area contributed by atoms with Crippen LogP contribution in [-0.4, -0.2) is 35.2 Å². The van der Waals surface area contributed by atoms with Gasteiger partial charge in [0.05, 0.1) is 0 Å². The molecule has 0 aromatic heterocycles. The van der Waals surface area contributed by atoms with Crippen molar-refractivity contribution in [3.05, 3.63) is 0 Å². The summed E-state index contributed by atoms with van der Waals surface area (Å²) in [5.41, 5.74) is 5.54. The first-order chi connectivity index (χ1) is 9.57. The van der Waals surface area contributed by atoms with Gasteiger partial charge in [-0.3, -0.25) is 0 Å². The molecule has 0 aliphatic carbocycles. The Hall–Kier alpha value is -0.770. The van der Waals surface area contributed by atoms with Gasteiger partial charge in [0.25, 0.3) is 0 Å². The Morgan fingerprint density at radius 3 is 2.48 bits per heavy atom. The summed E-state index contributed by atoms with van der Waals surface area (Å²) in [6.45, 7) is 11.6. The second-order valence-corrected chi connectivity index (χ2v) is 8.17. The molecular weight excluding hydrogens is 264 g/mol. The summed E-state index contributed by atoms with van der Waals surface area (Å²) in [5.74, 6) is 0.618. The van der Waals surface area contributed by atoms with Crippen LogP contribution in [0.15, 0.2) is 0 Å². The summed E-state index contributed by atoms with van der Waals surface area (Å²) in [7, 11) is 0. The number of hydrogen-bond acceptors (Lipinski definition) is 3. The minimum atomic E-state index is -0.406. The second kappa shape index (κ2) is 7.48. The maximum atomic E-state index is 12.1. The first-order valence-electron chi connectivity index (χ1n) is 8.34. The Balaban J connectivity index is 2.30. The lowest BCUT2D eigenvalue weighted by atomic mass is 9.90. The molecule has 0 radical (unpaired) electrons. The number of carbonyl (C=O) groups is 1. The average molecular weight is 298 g/mol. The molecule has 0 aromatic rings. The van der Waals surface area contributed by atoms with Crippen molar-refractivity contribution in [3.8, 4) is 0 Å². The topological polar surface area (TPSA) is 55.6 Å². The monoisotopic (exact) mass is 298 g/mol. The molecule has 1 unspecified atom stereocenters. The highest BCUT2D eigenvalue weighted by Gasteiger charge is 2.27. The molecule has 1 atom stereocenters. The lowest BCUT2D eigenvalue weighted by molar-refractivity contribution is 0.0160. The number of nitrogens with zero attached hydrogens (tertiary/aromatic N) is 1. The molecule has 1 aliphatic rings. The molecule has 0 saturated carbocycles. The molecule has 1 heterocycles. The molecule has 124 valence electrons. The van der Waals surface area contributed by atoms with Crippen LogP contribution in [0.4, 0.5) is 4.79 Å². The Morgan fingerprint density at radius 2 is 1.90 bits per heavy atom. The van der Waals surface area contributed by atoms with Crippen molar-refractivity contribution in [1.29, 1.82) is 0 Å². The van der Waals surface area contributed by atoms with Gasteiger partial charge in [-0.25, -0.2) is 4.79 Å². The Labute approximate surface area is 130 Å². The van der Waals surface area contributed by atoms with Crippen molar-refractivity contribution in [3.63, 3.8) is 0 Å². The van der Waals surface area contributed by atoms with Gasteiger partial charge in [0.2, 0.25) is 0 Å². The molecule has 4 heteroatoms. The predicted octanol–water partition coefficient (Wildman–Crippen LogP) is 3.93. The molecular formula is C17H34N2O2. The molecule has 0 spiro atoms. The number of likely N-dealkylation sites (tertiary alicyclic amines) is 1. The van der Waals surface area contributed by atoms with E-state index in [4.69, 9.17) is 10.5 Å². The fraction of sp³-hybridized carbons (Fsp3) is 0.941. The highest BCUT2D eigenvalue weighted by atomic mass is 16.6. The Morgan fingerprint density at radius 1 is 1.24 bits per heavy atom. The van der Waals surface area contributed by atoms with Crippen LogP contribution in [0.5, 0.6) is 0 Å². The van der Waals surface area contributed by atoms with Gasteiger partial charge >= 0.3 is 6.09 Å². The van der Waals surface area contributed by atoms with Gasteiger partial charge in [0.15, 0.2) is 0 Å². The number of piperidine rings is 1. The third-order valence-electron chi connectivity index (χ3n) is 3.85. The van der Waals surface area contributed by atoms with E-state index < -0.39 is 5.60 Å². The van der Waals surface area contributed by atoms with Crippen LogP contribution in [0.2, 0.25) is 0 Å². The summed E-state index contributed by atoms with van der Waals surface area (Å²) in [4.78, 5) is 14.0. The van der Waals surface area contributed by atoms with Crippen LogP contribution in [0.25, 0.3) is 0 Å². The quantitative estimate of drug-likeness (QED) is 0.782. The van der Waals surface area contributed by atoms with E-state index in [1.807, 2.05) is 25.7 Å². The molecule has 0 aromatic carbocycles. The number of hydrogen-bond donors (Lipinski definition) is 1. The van der Waals surface area contributed by atoms with Crippen LogP contribution < -0.4 is 5.73 Å². The third-order valence-corrected chi connectivity index (χ3v) is 3.85. The highest BCUT2D eigenvalue weighted by Crippen LogP contribution is 2.24. The van der Waals surface area contributed by atoms with E-state index in [0.29, 0.717) is 5.92 Å². The maximum Gasteiger partial charge on any atom is 0.410 e. The largest absolute Gasteiger partial charge is 0.444 e. The van der Waals surface area contributed by atoms with Crippen LogP contribution >= 0.6 is 0 Å². The number of unbranched alkanes of at least 4 members (excludes halogenated alkanes) is 1. The van der Waals surface area contributed by atoms with Gasteiger partial charge in [0, 0.05) is 18.6 Å². The molecule has 4 nitrogen and oxygen atoms in total. The fourth-order valence-electron chi connectivity index (χ4n) is 2.81. The molecule has 21 heavy (non-hydrogen) atoms. The van der Waals surface area contributed by atoms with E-state index in [1.165, 1.54) is 25.7 Å². The van der Waals surface area contributed by atoms with E-state index >= 15 is 0 Å². The zero-order chi connectivity index (χ0) is 16.1. The van der Waals surface area contributed by atoms with Gasteiger partial charge in [-0.2, -0.15) is 0 Å². The first-order valence-corrected chi connectivity index (χ1v) is 8.34. The van der Waals surface area contributed by atoms with Gasteiger partial charge in [-0.15, -0.1) is 0 Å². The van der Waals surface area contributed by atoms with Crippen LogP contribution in [-0.2, 0) is 4.74 Å². The van der Waals surface area contributed by atoms with Crippen molar-refractivity contribution in [2.75, 3.05) is 13.1 Å². The molecule has 2 N–H and O–H groups in total. The number of nitrogens with two attached hydrogens (primary N) is 1. The summed E-state index contributed by atoms with van der Waals surface area (Å²) < 4.78 is 5.47. The third kappa shape index (κ3) is 8.30. The van der Waals surface area contributed by atoms with Gasteiger partial charge in [-0.05, 0) is 66.2 Å². The van der Waals surface area contributed by atoms with E-state index in [0.717, 1.165) is 25.9 Å². The minimum Gasteiger partial charge on any atom is -0.444 e. The summed E-state index contributed by atoms with van der Waals surface area (Å²) in [6, 6.07) is 0. The zero-order valence-corrected chi connectivity index (χ0v) is 14.6. The second-order valence-electron chi connectivity index (χ2n) is 8.17. The molecule has 1 rings (SSSR count). The van der Waals surface area contributed by atoms with E-state index in [-0.39, 0.29) is 11.6 Å². The van der Waals surface area contributed by atoms with Crippen molar-refractivity contribution in [2.24, 2.45) is 11.7 Å². The molecule has 1 aliphatic heterocycles. The molecule has 1 fully saturated rings. The highest BCUT2D eigenvalue weighted by molar-refractivity contribution is 5.68. The number of ether oxygens (including phenoxy) is 1. The standard InChI is InChI=1S/C17H34N2O2/c1-16(2,3)21-15(20)19-12-8-10-14(13-19)9-6-7-11-17(4,5)18/h14H,6-13,18H2,1-5H3. The number of amides is 1. The number of rotatable bonds is 5. The van der Waals surface area contributed by atoms with Crippen LogP contribution in [0, 0.1) is 5.92 Å². The summed E-state index contributed by atoms with van der Waals surface area (Å²) >= 11 is 0. The van der Waals surface area contributed by atoms with Crippen molar-refractivity contribution in [1.82, 2.24) is 4.90 Å². The first kappa shape index (κ1) is 18.3. The minimum absolute atomic E-state index is 0.0604. The lowest BCUT2D eigenvalue weighted by Crippen LogP contribution is -2.42. The Bertz CT molecular complexity index is 329. The maximum absolute atomic E-state index is 12.1.